The smallest absolute Gasteiger partial charge is 0.205 e. The summed E-state index contributed by atoms with van der Waals surface area (Å²) in [5.74, 6) is 0.929. The molecule has 1 aromatic heterocycles. The van der Waals surface area contributed by atoms with E-state index in [-0.39, 0.29) is 0 Å². The van der Waals surface area contributed by atoms with E-state index in [2.05, 4.69) is 26.1 Å². The van der Waals surface area contributed by atoms with Gasteiger partial charge in [0.2, 0.25) is 5.13 Å². The molecule has 19 heavy (non-hydrogen) atoms. The fraction of sp³-hybridized carbons (Fsp3) is 0.833. The van der Waals surface area contributed by atoms with Crippen LogP contribution in [0.3, 0.4) is 0 Å². The summed E-state index contributed by atoms with van der Waals surface area (Å²) in [4.78, 5) is 9.05. The number of hydrogen-bond donors (Lipinski definition) is 1. The Kier molecular flexibility index (Phi) is 5.50. The monoisotopic (exact) mass is 286 g/mol. The number of aliphatic hydroxyl groups is 1. The molecule has 0 amide bonds. The highest BCUT2D eigenvalue weighted by Gasteiger charge is 2.21. The van der Waals surface area contributed by atoms with Crippen LogP contribution in [0.4, 0.5) is 5.13 Å². The lowest BCUT2D eigenvalue weighted by molar-refractivity contribution is 0.0365. The fourth-order valence-corrected chi connectivity index (χ4v) is 2.98. The number of rotatable bonds is 6. The summed E-state index contributed by atoms with van der Waals surface area (Å²) in [6.07, 6.45) is 0.490. The van der Waals surface area contributed by atoms with E-state index in [1.54, 1.807) is 7.11 Å². The van der Waals surface area contributed by atoms with Crippen LogP contribution in [-0.2, 0) is 11.2 Å². The van der Waals surface area contributed by atoms with Gasteiger partial charge >= 0.3 is 0 Å². The maximum Gasteiger partial charge on any atom is 0.205 e. The zero-order valence-electron chi connectivity index (χ0n) is 11.6. The van der Waals surface area contributed by atoms with Gasteiger partial charge in [-0.05, 0) is 0 Å². The normalized spacial score (nSPS) is 18.8. The van der Waals surface area contributed by atoms with E-state index in [4.69, 9.17) is 4.74 Å². The number of aliphatic hydroxyl groups excluding tert-OH is 1. The number of ether oxygens (including phenoxy) is 1. The van der Waals surface area contributed by atoms with Crippen molar-refractivity contribution in [3.8, 4) is 0 Å². The van der Waals surface area contributed by atoms with Crippen LogP contribution in [-0.4, -0.2) is 71.9 Å². The molecule has 0 bridgehead atoms. The standard InChI is InChI=1S/C12H22N4O2S/c1-3-11-13-12(19-14-11)16-6-4-15(5-7-16)8-10(17)9-18-2/h10,17H,3-9H2,1-2H3/t10-/m1/s1. The van der Waals surface area contributed by atoms with Gasteiger partial charge in [-0.15, -0.1) is 0 Å². The summed E-state index contributed by atoms with van der Waals surface area (Å²) in [5, 5.41) is 10.7. The van der Waals surface area contributed by atoms with Gasteiger partial charge in [-0.2, -0.15) is 4.37 Å². The van der Waals surface area contributed by atoms with Crippen LogP contribution < -0.4 is 4.90 Å². The van der Waals surface area contributed by atoms with Crippen molar-refractivity contribution in [2.45, 2.75) is 19.4 Å². The van der Waals surface area contributed by atoms with Gasteiger partial charge in [0.25, 0.3) is 0 Å². The Morgan fingerprint density at radius 3 is 2.68 bits per heavy atom. The number of hydrogen-bond acceptors (Lipinski definition) is 7. The molecular formula is C12H22N4O2S. The molecule has 0 spiro atoms. The summed E-state index contributed by atoms with van der Waals surface area (Å²) in [6, 6.07) is 0. The van der Waals surface area contributed by atoms with Gasteiger partial charge < -0.3 is 14.7 Å². The molecule has 1 fully saturated rings. The summed E-state index contributed by atoms with van der Waals surface area (Å²) < 4.78 is 9.27. The van der Waals surface area contributed by atoms with Crippen LogP contribution in [0.1, 0.15) is 12.7 Å². The quantitative estimate of drug-likeness (QED) is 0.808. The van der Waals surface area contributed by atoms with Crippen molar-refractivity contribution < 1.29 is 9.84 Å². The molecule has 1 aliphatic heterocycles. The number of nitrogens with zero attached hydrogens (tertiary/aromatic N) is 4. The summed E-state index contributed by atoms with van der Waals surface area (Å²) in [7, 11) is 1.61. The van der Waals surface area contributed by atoms with Crippen molar-refractivity contribution in [3.63, 3.8) is 0 Å². The molecule has 0 aromatic carbocycles. The van der Waals surface area contributed by atoms with Gasteiger partial charge in [0, 0.05) is 57.8 Å². The molecule has 0 radical (unpaired) electrons. The maximum atomic E-state index is 9.72. The third-order valence-corrected chi connectivity index (χ3v) is 4.06. The van der Waals surface area contributed by atoms with Crippen LogP contribution in [0.2, 0.25) is 0 Å². The molecule has 0 unspecified atom stereocenters. The molecular weight excluding hydrogens is 264 g/mol. The Balaban J connectivity index is 1.78. The molecule has 2 heterocycles. The lowest BCUT2D eigenvalue weighted by atomic mass is 10.3. The van der Waals surface area contributed by atoms with E-state index in [1.165, 1.54) is 11.5 Å². The number of anilines is 1. The maximum absolute atomic E-state index is 9.72. The van der Waals surface area contributed by atoms with E-state index in [1.807, 2.05) is 0 Å². The van der Waals surface area contributed by atoms with Crippen LogP contribution >= 0.6 is 11.5 Å². The highest BCUT2D eigenvalue weighted by atomic mass is 32.1. The van der Waals surface area contributed by atoms with E-state index in [9.17, 15) is 5.11 Å². The molecule has 1 aliphatic rings. The van der Waals surface area contributed by atoms with E-state index >= 15 is 0 Å². The Bertz CT molecular complexity index is 380. The first kappa shape index (κ1) is 14.6. The predicted octanol–water partition coefficient (Wildman–Crippen LogP) is 0.230. The number of piperazine rings is 1. The number of β-amino-alcohol motifs (C(OH)–C–C–N with tert-alkyl or cyclic N) is 1. The molecule has 1 aromatic rings. The van der Waals surface area contributed by atoms with E-state index in [0.29, 0.717) is 13.2 Å². The van der Waals surface area contributed by atoms with Crippen molar-refractivity contribution in [2.24, 2.45) is 0 Å². The third-order valence-electron chi connectivity index (χ3n) is 3.24. The Morgan fingerprint density at radius 2 is 2.11 bits per heavy atom. The third kappa shape index (κ3) is 4.10. The van der Waals surface area contributed by atoms with Crippen molar-refractivity contribution in [1.82, 2.24) is 14.3 Å². The molecule has 2 rings (SSSR count). The summed E-state index contributed by atoms with van der Waals surface area (Å²) in [6.45, 7) is 6.93. The van der Waals surface area contributed by atoms with Crippen molar-refractivity contribution >= 4 is 16.7 Å². The van der Waals surface area contributed by atoms with Gasteiger partial charge in [-0.3, -0.25) is 4.90 Å². The minimum absolute atomic E-state index is 0.398. The second-order valence-electron chi connectivity index (χ2n) is 4.74. The van der Waals surface area contributed by atoms with Gasteiger partial charge in [-0.1, -0.05) is 6.92 Å². The molecule has 108 valence electrons. The first-order valence-electron chi connectivity index (χ1n) is 6.69. The van der Waals surface area contributed by atoms with Crippen LogP contribution in [0.5, 0.6) is 0 Å². The molecule has 7 heteroatoms. The number of aromatic nitrogens is 2. The number of methoxy groups -OCH3 is 1. The van der Waals surface area contributed by atoms with Gasteiger partial charge in [0.1, 0.15) is 5.82 Å². The highest BCUT2D eigenvalue weighted by Crippen LogP contribution is 2.19. The van der Waals surface area contributed by atoms with Crippen LogP contribution in [0.15, 0.2) is 0 Å². The molecule has 0 saturated carbocycles. The molecule has 1 N–H and O–H groups in total. The second kappa shape index (κ2) is 7.14. The molecule has 6 nitrogen and oxygen atoms in total. The second-order valence-corrected chi connectivity index (χ2v) is 5.47. The minimum atomic E-state index is -0.398. The first-order chi connectivity index (χ1) is 9.22. The lowest BCUT2D eigenvalue weighted by Crippen LogP contribution is -2.49. The van der Waals surface area contributed by atoms with Crippen LogP contribution in [0, 0.1) is 0 Å². The Labute approximate surface area is 118 Å². The van der Waals surface area contributed by atoms with Gasteiger partial charge in [-0.25, -0.2) is 4.98 Å². The topological polar surface area (TPSA) is 61.7 Å². The Hall–Kier alpha value is -0.760. The van der Waals surface area contributed by atoms with E-state index in [0.717, 1.165) is 43.6 Å². The largest absolute Gasteiger partial charge is 0.389 e. The average molecular weight is 286 g/mol. The number of aryl methyl sites for hydroxylation is 1. The summed E-state index contributed by atoms with van der Waals surface area (Å²) >= 11 is 1.48. The minimum Gasteiger partial charge on any atom is -0.389 e. The van der Waals surface area contributed by atoms with Crippen LogP contribution in [0.25, 0.3) is 0 Å². The zero-order valence-corrected chi connectivity index (χ0v) is 12.4. The van der Waals surface area contributed by atoms with Gasteiger partial charge in [0.05, 0.1) is 12.7 Å². The highest BCUT2D eigenvalue weighted by molar-refractivity contribution is 7.09. The Morgan fingerprint density at radius 1 is 1.37 bits per heavy atom. The average Bonchev–Trinajstić information content (AvgIpc) is 2.88. The molecule has 0 aliphatic carbocycles. The summed E-state index contributed by atoms with van der Waals surface area (Å²) in [5.41, 5.74) is 0. The van der Waals surface area contributed by atoms with E-state index < -0.39 is 6.10 Å². The SMILES string of the molecule is CCc1nsc(N2CCN(C[C@@H](O)COC)CC2)n1. The first-order valence-corrected chi connectivity index (χ1v) is 7.47. The van der Waals surface area contributed by atoms with Crippen molar-refractivity contribution in [1.29, 1.82) is 0 Å². The zero-order chi connectivity index (χ0) is 13.7. The van der Waals surface area contributed by atoms with Gasteiger partial charge in [0.15, 0.2) is 0 Å². The fourth-order valence-electron chi connectivity index (χ4n) is 2.18. The lowest BCUT2D eigenvalue weighted by Gasteiger charge is -2.35. The molecule has 1 atom stereocenters. The van der Waals surface area contributed by atoms with Crippen molar-refractivity contribution in [2.75, 3.05) is 51.3 Å². The van der Waals surface area contributed by atoms with Crippen molar-refractivity contribution in [3.05, 3.63) is 5.82 Å². The predicted molar refractivity (Wildman–Crippen MR) is 75.8 cm³/mol. The molecule has 1 saturated heterocycles.